The van der Waals surface area contributed by atoms with Gasteiger partial charge in [-0.3, -0.25) is 9.36 Å². The molecule has 0 aliphatic heterocycles. The lowest BCUT2D eigenvalue weighted by Crippen LogP contribution is -2.30. The highest BCUT2D eigenvalue weighted by Gasteiger charge is 2.22. The molecule has 11 heteroatoms. The fraction of sp³-hybridized carbons (Fsp3) is 0.150. The number of halogens is 1. The number of nitriles is 1. The van der Waals surface area contributed by atoms with E-state index in [2.05, 4.69) is 21.8 Å². The van der Waals surface area contributed by atoms with Gasteiger partial charge in [0.2, 0.25) is 5.91 Å². The summed E-state index contributed by atoms with van der Waals surface area (Å²) in [5, 5.41) is 22.2. The minimum absolute atomic E-state index is 0.201. The lowest BCUT2D eigenvalue weighted by Gasteiger charge is -2.13. The first kappa shape index (κ1) is 20.2. The number of benzene rings is 1. The van der Waals surface area contributed by atoms with Crippen LogP contribution in [0.25, 0.3) is 10.7 Å². The molecule has 4 rings (SSSR count). The van der Waals surface area contributed by atoms with E-state index in [9.17, 15) is 19.2 Å². The number of nitrogens with one attached hydrogen (secondary N) is 1. The smallest absolute Gasteiger partial charge is 0.309 e. The maximum Gasteiger partial charge on any atom is 0.369 e. The summed E-state index contributed by atoms with van der Waals surface area (Å²) in [7, 11) is 0. The number of hydrogen-bond donors (Lipinski definition) is 1. The topological polar surface area (TPSA) is 111 Å². The molecule has 0 bridgehead atoms. The highest BCUT2D eigenvalue weighted by atomic mass is 32.1. The summed E-state index contributed by atoms with van der Waals surface area (Å²) in [5.41, 5.74) is 1.48. The third kappa shape index (κ3) is 3.64. The monoisotopic (exact) mass is 437 g/mol. The maximum absolute atomic E-state index is 13.8. The largest absolute Gasteiger partial charge is 0.369 e. The summed E-state index contributed by atoms with van der Waals surface area (Å²) >= 11 is 1.31. The number of carbonyl (C=O) groups is 1. The van der Waals surface area contributed by atoms with E-state index in [4.69, 9.17) is 0 Å². The second kappa shape index (κ2) is 8.00. The van der Waals surface area contributed by atoms with E-state index in [0.717, 1.165) is 9.36 Å². The Morgan fingerprint density at radius 1 is 1.26 bits per heavy atom. The predicted molar refractivity (Wildman–Crippen MR) is 112 cm³/mol. The van der Waals surface area contributed by atoms with Gasteiger partial charge in [-0.2, -0.15) is 14.6 Å². The van der Waals surface area contributed by atoms with Gasteiger partial charge in [-0.15, -0.1) is 11.3 Å². The summed E-state index contributed by atoms with van der Waals surface area (Å²) in [6.07, 6.45) is 0. The summed E-state index contributed by atoms with van der Waals surface area (Å²) in [6, 6.07) is 11.4. The van der Waals surface area contributed by atoms with Gasteiger partial charge in [-0.25, -0.2) is 9.18 Å². The van der Waals surface area contributed by atoms with Crippen LogP contribution in [0.2, 0.25) is 0 Å². The van der Waals surface area contributed by atoms with Crippen LogP contribution in [0.15, 0.2) is 46.6 Å². The molecule has 3 heterocycles. The van der Waals surface area contributed by atoms with E-state index >= 15 is 0 Å². The molecule has 1 N–H and O–H groups in total. The molecule has 0 saturated heterocycles. The Labute approximate surface area is 179 Å². The first-order valence-corrected chi connectivity index (χ1v) is 10.0. The summed E-state index contributed by atoms with van der Waals surface area (Å²) in [5.74, 6) is -0.824. The summed E-state index contributed by atoms with van der Waals surface area (Å²) < 4.78 is 17.4. The fourth-order valence-corrected chi connectivity index (χ4v) is 3.88. The standard InChI is InChI=1S/C20H16FN7O2S/c1-12-13(2)27(15-6-3-5-14(21)9-15)19(16(12)10-22)23-17(29)11-26-20(30)28(25-24-26)18-7-4-8-31-18/h3-9H,11H2,1-2H3,(H,23,29). The lowest BCUT2D eigenvalue weighted by molar-refractivity contribution is -0.117. The fourth-order valence-electron chi connectivity index (χ4n) is 3.21. The van der Waals surface area contributed by atoms with Crippen LogP contribution in [0.4, 0.5) is 10.2 Å². The third-order valence-corrected chi connectivity index (χ3v) is 5.64. The van der Waals surface area contributed by atoms with E-state index in [-0.39, 0.29) is 11.4 Å². The van der Waals surface area contributed by atoms with Crippen molar-refractivity contribution in [2.75, 3.05) is 5.32 Å². The average Bonchev–Trinajstić information content (AvgIpc) is 3.43. The van der Waals surface area contributed by atoms with Crippen LogP contribution in [-0.2, 0) is 11.3 Å². The molecular weight excluding hydrogens is 421 g/mol. The molecule has 1 amide bonds. The van der Waals surface area contributed by atoms with Gasteiger partial charge >= 0.3 is 5.69 Å². The van der Waals surface area contributed by atoms with Crippen molar-refractivity contribution >= 4 is 23.1 Å². The number of aromatic nitrogens is 5. The van der Waals surface area contributed by atoms with Crippen LogP contribution in [0.1, 0.15) is 16.8 Å². The van der Waals surface area contributed by atoms with Crippen molar-refractivity contribution in [2.45, 2.75) is 20.4 Å². The molecule has 156 valence electrons. The molecule has 0 atom stereocenters. The van der Waals surface area contributed by atoms with E-state index < -0.39 is 24.0 Å². The maximum atomic E-state index is 13.8. The van der Waals surface area contributed by atoms with Crippen molar-refractivity contribution in [1.29, 1.82) is 5.26 Å². The normalized spacial score (nSPS) is 10.8. The first-order valence-electron chi connectivity index (χ1n) is 9.15. The third-order valence-electron chi connectivity index (χ3n) is 4.80. The van der Waals surface area contributed by atoms with Gasteiger partial charge < -0.3 is 5.32 Å². The molecule has 9 nitrogen and oxygen atoms in total. The van der Waals surface area contributed by atoms with Crippen LogP contribution in [0.3, 0.4) is 0 Å². The SMILES string of the molecule is Cc1c(C#N)c(NC(=O)Cn2nnn(-c3cccs3)c2=O)n(-c2cccc(F)c2)c1C. The second-order valence-electron chi connectivity index (χ2n) is 6.69. The molecule has 0 radical (unpaired) electrons. The lowest BCUT2D eigenvalue weighted by atomic mass is 10.2. The molecule has 1 aromatic carbocycles. The molecular formula is C20H16FN7O2S. The zero-order valence-electron chi connectivity index (χ0n) is 16.5. The van der Waals surface area contributed by atoms with Crippen LogP contribution >= 0.6 is 11.3 Å². The number of anilines is 1. The highest BCUT2D eigenvalue weighted by molar-refractivity contribution is 7.12. The van der Waals surface area contributed by atoms with Gasteiger partial charge in [-0.1, -0.05) is 6.07 Å². The van der Waals surface area contributed by atoms with E-state index in [1.165, 1.54) is 23.5 Å². The van der Waals surface area contributed by atoms with Crippen LogP contribution in [0.5, 0.6) is 0 Å². The number of rotatable bonds is 5. The zero-order valence-corrected chi connectivity index (χ0v) is 17.4. The van der Waals surface area contributed by atoms with Crippen molar-refractivity contribution in [3.8, 4) is 16.8 Å². The average molecular weight is 437 g/mol. The van der Waals surface area contributed by atoms with Crippen LogP contribution < -0.4 is 11.0 Å². The van der Waals surface area contributed by atoms with Gasteiger partial charge in [0.15, 0.2) is 0 Å². The van der Waals surface area contributed by atoms with E-state index in [1.807, 2.05) is 0 Å². The van der Waals surface area contributed by atoms with Crippen LogP contribution in [0, 0.1) is 31.0 Å². The van der Waals surface area contributed by atoms with Gasteiger partial charge in [0.1, 0.15) is 29.3 Å². The summed E-state index contributed by atoms with van der Waals surface area (Å²) in [6.45, 7) is 3.12. The Morgan fingerprint density at radius 2 is 2.06 bits per heavy atom. The highest BCUT2D eigenvalue weighted by Crippen LogP contribution is 2.30. The Morgan fingerprint density at radius 3 is 2.74 bits per heavy atom. The Balaban J connectivity index is 1.67. The first-order chi connectivity index (χ1) is 14.9. The summed E-state index contributed by atoms with van der Waals surface area (Å²) in [4.78, 5) is 25.2. The van der Waals surface area contributed by atoms with E-state index in [0.29, 0.717) is 21.9 Å². The number of thiophene rings is 1. The molecule has 0 spiro atoms. The molecule has 0 aliphatic rings. The Kier molecular flexibility index (Phi) is 5.22. The Hall–Kier alpha value is -4.04. The molecule has 0 saturated carbocycles. The molecule has 0 unspecified atom stereocenters. The zero-order chi connectivity index (χ0) is 22.1. The van der Waals surface area contributed by atoms with Gasteiger partial charge in [0.25, 0.3) is 0 Å². The molecule has 0 aliphatic carbocycles. The van der Waals surface area contributed by atoms with E-state index in [1.54, 1.807) is 48.1 Å². The number of amides is 1. The number of hydrogen-bond acceptors (Lipinski definition) is 6. The van der Waals surface area contributed by atoms with Gasteiger partial charge in [-0.05, 0) is 65.5 Å². The molecule has 0 fully saturated rings. The van der Waals surface area contributed by atoms with Crippen molar-refractivity contribution in [3.05, 3.63) is 74.9 Å². The Bertz CT molecular complexity index is 1380. The second-order valence-corrected chi connectivity index (χ2v) is 7.62. The van der Waals surface area contributed by atoms with Gasteiger partial charge in [0, 0.05) is 5.69 Å². The number of nitrogens with zero attached hydrogens (tertiary/aromatic N) is 6. The van der Waals surface area contributed by atoms with Gasteiger partial charge in [0.05, 0.1) is 11.3 Å². The minimum atomic E-state index is -0.577. The predicted octanol–water partition coefficient (Wildman–Crippen LogP) is 2.55. The minimum Gasteiger partial charge on any atom is -0.309 e. The van der Waals surface area contributed by atoms with Crippen molar-refractivity contribution in [2.24, 2.45) is 0 Å². The van der Waals surface area contributed by atoms with Crippen LogP contribution in [-0.4, -0.2) is 30.3 Å². The number of tetrazole rings is 1. The molecule has 4 aromatic rings. The van der Waals surface area contributed by atoms with Crippen molar-refractivity contribution in [1.82, 2.24) is 24.4 Å². The number of carbonyl (C=O) groups excluding carboxylic acids is 1. The molecule has 3 aromatic heterocycles. The quantitative estimate of drug-likeness (QED) is 0.516. The van der Waals surface area contributed by atoms with Crippen molar-refractivity contribution in [3.63, 3.8) is 0 Å². The molecule has 31 heavy (non-hydrogen) atoms. The van der Waals surface area contributed by atoms with Crippen molar-refractivity contribution < 1.29 is 9.18 Å².